The molecule has 0 bridgehead atoms. The Balaban J connectivity index is 1.22. The van der Waals surface area contributed by atoms with Gasteiger partial charge in [-0.05, 0) is 81.2 Å². The molecule has 10 aromatic rings. The van der Waals surface area contributed by atoms with Crippen LogP contribution < -0.4 is 4.90 Å². The van der Waals surface area contributed by atoms with Gasteiger partial charge >= 0.3 is 0 Å². The first-order chi connectivity index (χ1) is 25.5. The Hall–Kier alpha value is -6.58. The third kappa shape index (κ3) is 4.08. The molecular weight excluding hydrogens is 635 g/mol. The molecule has 2 aromatic heterocycles. The fraction of sp³-hybridized carbons (Fsp3) is 0.0612. The predicted molar refractivity (Wildman–Crippen MR) is 216 cm³/mol. The molecule has 0 N–H and O–H groups in total. The SMILES string of the molecule is CC1(C)c2ccccc2-c2ccc(N(c3ccc4c(c3)oc3ccccc34)c3ccc(-c4ccccc4)c4c3oc3c5ccccc5ccc34)cc21. The maximum absolute atomic E-state index is 7.14. The number of furan rings is 2. The number of fused-ring (bicyclic) bond motifs is 11. The standard InChI is InChI=1S/C49H33NO2/c1-49(2)41-18-10-8-16-36(41)37-24-21-32(28-42(37)49)50(33-22-25-39-38-17-9-11-19-44(38)51-45(39)29-33)43-27-26-34(30-12-4-3-5-13-30)46-40-23-20-31-14-6-7-15-35(31)47(40)52-48(43)46/h3-29H,1-2H3. The van der Waals surface area contributed by atoms with Crippen molar-refractivity contribution in [2.45, 2.75) is 19.3 Å². The van der Waals surface area contributed by atoms with Crippen molar-refractivity contribution in [3.63, 3.8) is 0 Å². The fourth-order valence-corrected chi connectivity index (χ4v) is 8.74. The first-order valence-electron chi connectivity index (χ1n) is 17.9. The second kappa shape index (κ2) is 10.7. The molecular formula is C49H33NO2. The predicted octanol–water partition coefficient (Wildman–Crippen LogP) is 14.1. The van der Waals surface area contributed by atoms with Gasteiger partial charge in [0.1, 0.15) is 16.7 Å². The van der Waals surface area contributed by atoms with Gasteiger partial charge in [-0.25, -0.2) is 0 Å². The van der Waals surface area contributed by atoms with Crippen LogP contribution in [0.2, 0.25) is 0 Å². The zero-order valence-corrected chi connectivity index (χ0v) is 28.9. The summed E-state index contributed by atoms with van der Waals surface area (Å²) in [5, 5.41) is 6.69. The van der Waals surface area contributed by atoms with Gasteiger partial charge in [0.05, 0.1) is 11.4 Å². The van der Waals surface area contributed by atoms with Crippen molar-refractivity contribution >= 4 is 71.7 Å². The quantitative estimate of drug-likeness (QED) is 0.187. The monoisotopic (exact) mass is 667 g/mol. The summed E-state index contributed by atoms with van der Waals surface area (Å²) in [5.74, 6) is 0. The minimum atomic E-state index is -0.152. The molecule has 8 aromatic carbocycles. The van der Waals surface area contributed by atoms with Crippen LogP contribution in [0.25, 0.3) is 76.9 Å². The Morgan fingerprint density at radius 2 is 1.12 bits per heavy atom. The molecule has 11 rings (SSSR count). The first-order valence-corrected chi connectivity index (χ1v) is 17.9. The number of hydrogen-bond donors (Lipinski definition) is 0. The molecule has 0 amide bonds. The van der Waals surface area contributed by atoms with E-state index in [0.717, 1.165) is 82.8 Å². The highest BCUT2D eigenvalue weighted by molar-refractivity contribution is 6.22. The Bertz CT molecular complexity index is 3050. The Kier molecular flexibility index (Phi) is 6.01. The van der Waals surface area contributed by atoms with Gasteiger partial charge in [-0.15, -0.1) is 0 Å². The summed E-state index contributed by atoms with van der Waals surface area (Å²) < 4.78 is 13.6. The van der Waals surface area contributed by atoms with Crippen LogP contribution in [0.1, 0.15) is 25.0 Å². The fourth-order valence-electron chi connectivity index (χ4n) is 8.74. The molecule has 0 fully saturated rings. The summed E-state index contributed by atoms with van der Waals surface area (Å²) in [7, 11) is 0. The Labute approximate surface area is 301 Å². The van der Waals surface area contributed by atoms with E-state index in [-0.39, 0.29) is 5.41 Å². The van der Waals surface area contributed by atoms with Gasteiger partial charge in [0, 0.05) is 44.1 Å². The van der Waals surface area contributed by atoms with Gasteiger partial charge in [-0.3, -0.25) is 0 Å². The normalized spacial score (nSPS) is 13.3. The van der Waals surface area contributed by atoms with Crippen molar-refractivity contribution in [1.29, 1.82) is 0 Å². The van der Waals surface area contributed by atoms with Crippen molar-refractivity contribution in [1.82, 2.24) is 0 Å². The van der Waals surface area contributed by atoms with Crippen LogP contribution in [0.3, 0.4) is 0 Å². The zero-order valence-electron chi connectivity index (χ0n) is 28.9. The van der Waals surface area contributed by atoms with Crippen LogP contribution in [0.5, 0.6) is 0 Å². The smallest absolute Gasteiger partial charge is 0.160 e. The molecule has 0 unspecified atom stereocenters. The average molecular weight is 668 g/mol. The number of hydrogen-bond acceptors (Lipinski definition) is 3. The van der Waals surface area contributed by atoms with Gasteiger partial charge in [0.2, 0.25) is 0 Å². The lowest BCUT2D eigenvalue weighted by molar-refractivity contribution is 0.660. The molecule has 0 aliphatic heterocycles. The Morgan fingerprint density at radius 3 is 2.02 bits per heavy atom. The van der Waals surface area contributed by atoms with Crippen LogP contribution in [-0.4, -0.2) is 0 Å². The van der Waals surface area contributed by atoms with E-state index in [9.17, 15) is 0 Å². The summed E-state index contributed by atoms with van der Waals surface area (Å²) in [5.41, 5.74) is 13.9. The molecule has 1 aliphatic rings. The third-order valence-corrected chi connectivity index (χ3v) is 11.3. The molecule has 0 spiro atoms. The molecule has 246 valence electrons. The highest BCUT2D eigenvalue weighted by Gasteiger charge is 2.36. The number of benzene rings is 8. The molecule has 52 heavy (non-hydrogen) atoms. The molecule has 0 saturated carbocycles. The van der Waals surface area contributed by atoms with Gasteiger partial charge in [0.15, 0.2) is 5.58 Å². The maximum atomic E-state index is 7.14. The van der Waals surface area contributed by atoms with E-state index in [2.05, 4.69) is 170 Å². The zero-order chi connectivity index (χ0) is 34.6. The maximum Gasteiger partial charge on any atom is 0.160 e. The van der Waals surface area contributed by atoms with Crippen LogP contribution in [0, 0.1) is 0 Å². The Morgan fingerprint density at radius 1 is 0.442 bits per heavy atom. The van der Waals surface area contributed by atoms with Gasteiger partial charge < -0.3 is 13.7 Å². The number of nitrogens with zero attached hydrogens (tertiary/aromatic N) is 1. The molecule has 3 heteroatoms. The largest absolute Gasteiger partial charge is 0.456 e. The first kappa shape index (κ1) is 29.2. The molecule has 2 heterocycles. The van der Waals surface area contributed by atoms with Crippen molar-refractivity contribution in [3.05, 3.63) is 175 Å². The topological polar surface area (TPSA) is 29.5 Å². The number of anilines is 3. The van der Waals surface area contributed by atoms with Crippen molar-refractivity contribution in [3.8, 4) is 22.3 Å². The molecule has 0 saturated heterocycles. The molecule has 3 nitrogen and oxygen atoms in total. The number of rotatable bonds is 4. The van der Waals surface area contributed by atoms with Crippen LogP contribution >= 0.6 is 0 Å². The van der Waals surface area contributed by atoms with E-state index >= 15 is 0 Å². The highest BCUT2D eigenvalue weighted by Crippen LogP contribution is 2.52. The molecule has 1 aliphatic carbocycles. The number of para-hydroxylation sites is 1. The van der Waals surface area contributed by atoms with Crippen LogP contribution in [-0.2, 0) is 5.41 Å². The summed E-state index contributed by atoms with van der Waals surface area (Å²) in [6, 6.07) is 58.7. The van der Waals surface area contributed by atoms with E-state index in [0.29, 0.717) is 0 Å². The van der Waals surface area contributed by atoms with E-state index in [1.54, 1.807) is 0 Å². The van der Waals surface area contributed by atoms with Crippen molar-refractivity contribution in [2.75, 3.05) is 4.90 Å². The highest BCUT2D eigenvalue weighted by atomic mass is 16.3. The van der Waals surface area contributed by atoms with E-state index < -0.39 is 0 Å². The summed E-state index contributed by atoms with van der Waals surface area (Å²) >= 11 is 0. The van der Waals surface area contributed by atoms with E-state index in [1.807, 2.05) is 12.1 Å². The van der Waals surface area contributed by atoms with Crippen LogP contribution in [0.15, 0.2) is 173 Å². The summed E-state index contributed by atoms with van der Waals surface area (Å²) in [6.45, 7) is 4.67. The summed E-state index contributed by atoms with van der Waals surface area (Å²) in [4.78, 5) is 2.35. The minimum absolute atomic E-state index is 0.152. The molecule has 0 atom stereocenters. The second-order valence-corrected chi connectivity index (χ2v) is 14.5. The third-order valence-electron chi connectivity index (χ3n) is 11.3. The summed E-state index contributed by atoms with van der Waals surface area (Å²) in [6.07, 6.45) is 0. The van der Waals surface area contributed by atoms with Crippen molar-refractivity contribution < 1.29 is 8.83 Å². The van der Waals surface area contributed by atoms with Crippen molar-refractivity contribution in [2.24, 2.45) is 0 Å². The van der Waals surface area contributed by atoms with Crippen LogP contribution in [0.4, 0.5) is 17.1 Å². The minimum Gasteiger partial charge on any atom is -0.456 e. The van der Waals surface area contributed by atoms with Gasteiger partial charge in [-0.1, -0.05) is 129 Å². The lowest BCUT2D eigenvalue weighted by Gasteiger charge is -2.28. The van der Waals surface area contributed by atoms with E-state index in [4.69, 9.17) is 8.83 Å². The van der Waals surface area contributed by atoms with Gasteiger partial charge in [0.25, 0.3) is 0 Å². The van der Waals surface area contributed by atoms with E-state index in [1.165, 1.54) is 22.3 Å². The lowest BCUT2D eigenvalue weighted by Crippen LogP contribution is -2.16. The average Bonchev–Trinajstić information content (AvgIpc) is 3.84. The molecule has 0 radical (unpaired) electrons. The van der Waals surface area contributed by atoms with Gasteiger partial charge in [-0.2, -0.15) is 0 Å². The second-order valence-electron chi connectivity index (χ2n) is 14.5. The lowest BCUT2D eigenvalue weighted by atomic mass is 9.82.